The number of rotatable bonds is 40. The van der Waals surface area contributed by atoms with Gasteiger partial charge in [-0.1, -0.05) is 219 Å². The molecular weight excluding hydrogens is 590 g/mol. The first-order chi connectivity index (χ1) is 23.7. The van der Waals surface area contributed by atoms with Crippen LogP contribution in [0.5, 0.6) is 0 Å². The molecule has 0 spiro atoms. The normalized spacial score (nSPS) is 13.0. The Balaban J connectivity index is 3.41. The summed E-state index contributed by atoms with van der Waals surface area (Å²) >= 11 is 0. The summed E-state index contributed by atoms with van der Waals surface area (Å²) in [5, 5.41) is 23.1. The first-order valence-electron chi connectivity index (χ1n) is 21.9. The molecule has 0 saturated carbocycles. The van der Waals surface area contributed by atoms with Gasteiger partial charge in [-0.05, 0) is 32.1 Å². The van der Waals surface area contributed by atoms with E-state index in [0.29, 0.717) is 12.8 Å². The molecule has 0 aliphatic heterocycles. The van der Waals surface area contributed by atoms with Crippen molar-refractivity contribution in [1.82, 2.24) is 5.32 Å². The van der Waals surface area contributed by atoms with Gasteiger partial charge in [0.25, 0.3) is 0 Å². The Labute approximate surface area is 301 Å². The quantitative estimate of drug-likeness (QED) is 0.0446. The lowest BCUT2D eigenvalue weighted by molar-refractivity contribution is -0.123. The van der Waals surface area contributed by atoms with Crippen molar-refractivity contribution in [2.75, 3.05) is 6.61 Å². The minimum atomic E-state index is -0.658. The molecule has 1 amide bonds. The minimum Gasteiger partial charge on any atom is -0.394 e. The van der Waals surface area contributed by atoms with Gasteiger partial charge in [0.05, 0.1) is 18.8 Å². The average molecular weight is 678 g/mol. The number of carbonyl (C=O) groups excluding carboxylic acids is 1. The van der Waals surface area contributed by atoms with E-state index in [1.807, 2.05) is 0 Å². The van der Waals surface area contributed by atoms with Gasteiger partial charge in [-0.3, -0.25) is 4.79 Å². The Morgan fingerprint density at radius 1 is 0.479 bits per heavy atom. The molecule has 0 saturated heterocycles. The van der Waals surface area contributed by atoms with Crippen LogP contribution in [0, 0.1) is 0 Å². The number of amides is 1. The summed E-state index contributed by atoms with van der Waals surface area (Å²) in [7, 11) is 0. The van der Waals surface area contributed by atoms with E-state index in [1.54, 1.807) is 0 Å². The highest BCUT2D eigenvalue weighted by molar-refractivity contribution is 5.76. The number of hydrogen-bond acceptors (Lipinski definition) is 3. The van der Waals surface area contributed by atoms with E-state index in [9.17, 15) is 15.0 Å². The fourth-order valence-electron chi connectivity index (χ4n) is 6.89. The molecule has 0 aliphatic carbocycles. The van der Waals surface area contributed by atoms with E-state index in [-0.39, 0.29) is 12.5 Å². The van der Waals surface area contributed by atoms with Crippen LogP contribution < -0.4 is 5.32 Å². The molecule has 4 nitrogen and oxygen atoms in total. The Kier molecular flexibility index (Phi) is 39.8. The number of unbranched alkanes of at least 4 members (excludes halogenated alkanes) is 31. The van der Waals surface area contributed by atoms with Crippen LogP contribution in [-0.2, 0) is 4.79 Å². The maximum atomic E-state index is 12.3. The smallest absolute Gasteiger partial charge is 0.220 e. The molecule has 0 aromatic carbocycles. The van der Waals surface area contributed by atoms with E-state index in [0.717, 1.165) is 32.1 Å². The largest absolute Gasteiger partial charge is 0.394 e. The molecule has 0 aromatic heterocycles. The third-order valence-corrected chi connectivity index (χ3v) is 10.3. The molecule has 0 aromatic rings. The second-order valence-electron chi connectivity index (χ2n) is 15.1. The van der Waals surface area contributed by atoms with Gasteiger partial charge < -0.3 is 15.5 Å². The SMILES string of the molecule is CCC/C=C\CCCCCCCC(=O)NC(CO)C(O)CCCCCCCCCCCCCCCCCCCCCCCCCCCC. The van der Waals surface area contributed by atoms with Crippen molar-refractivity contribution in [1.29, 1.82) is 0 Å². The van der Waals surface area contributed by atoms with Gasteiger partial charge in [-0.25, -0.2) is 0 Å². The lowest BCUT2D eigenvalue weighted by atomic mass is 10.0. The summed E-state index contributed by atoms with van der Waals surface area (Å²) in [6.07, 6.45) is 50.2. The first-order valence-corrected chi connectivity index (χ1v) is 21.9. The van der Waals surface area contributed by atoms with E-state index in [4.69, 9.17) is 0 Å². The molecule has 0 fully saturated rings. The number of allylic oxidation sites excluding steroid dienone is 2. The van der Waals surface area contributed by atoms with E-state index < -0.39 is 12.1 Å². The van der Waals surface area contributed by atoms with E-state index in [1.165, 1.54) is 186 Å². The molecule has 0 rings (SSSR count). The first kappa shape index (κ1) is 47.1. The van der Waals surface area contributed by atoms with Crippen LogP contribution >= 0.6 is 0 Å². The number of aliphatic hydroxyl groups excluding tert-OH is 2. The van der Waals surface area contributed by atoms with E-state index in [2.05, 4.69) is 31.3 Å². The molecule has 3 N–H and O–H groups in total. The maximum Gasteiger partial charge on any atom is 0.220 e. The minimum absolute atomic E-state index is 0.0411. The summed E-state index contributed by atoms with van der Waals surface area (Å²) in [4.78, 5) is 12.3. The van der Waals surface area contributed by atoms with Gasteiger partial charge in [-0.2, -0.15) is 0 Å². The summed E-state index contributed by atoms with van der Waals surface area (Å²) < 4.78 is 0. The van der Waals surface area contributed by atoms with Gasteiger partial charge in [0.2, 0.25) is 5.91 Å². The summed E-state index contributed by atoms with van der Waals surface area (Å²) in [5.41, 5.74) is 0. The van der Waals surface area contributed by atoms with Crippen LogP contribution in [0.15, 0.2) is 12.2 Å². The maximum absolute atomic E-state index is 12.3. The summed E-state index contributed by atoms with van der Waals surface area (Å²) in [5.74, 6) is -0.0411. The predicted octanol–water partition coefficient (Wildman–Crippen LogP) is 13.5. The van der Waals surface area contributed by atoms with Crippen molar-refractivity contribution >= 4 is 5.91 Å². The highest BCUT2D eigenvalue weighted by atomic mass is 16.3. The van der Waals surface area contributed by atoms with Crippen LogP contribution in [0.3, 0.4) is 0 Å². The van der Waals surface area contributed by atoms with Crippen molar-refractivity contribution in [3.63, 3.8) is 0 Å². The monoisotopic (exact) mass is 678 g/mol. The average Bonchev–Trinajstić information content (AvgIpc) is 3.09. The molecule has 2 unspecified atom stereocenters. The van der Waals surface area contributed by atoms with Crippen LogP contribution in [0.4, 0.5) is 0 Å². The number of hydrogen-bond donors (Lipinski definition) is 3. The Morgan fingerprint density at radius 3 is 1.23 bits per heavy atom. The van der Waals surface area contributed by atoms with Crippen molar-refractivity contribution in [2.45, 2.75) is 257 Å². The molecule has 0 heterocycles. The van der Waals surface area contributed by atoms with Gasteiger partial charge in [0.1, 0.15) is 0 Å². The molecule has 0 aliphatic rings. The Morgan fingerprint density at radius 2 is 0.833 bits per heavy atom. The van der Waals surface area contributed by atoms with Crippen LogP contribution in [0.1, 0.15) is 245 Å². The lowest BCUT2D eigenvalue weighted by Crippen LogP contribution is -2.45. The van der Waals surface area contributed by atoms with Gasteiger partial charge in [-0.15, -0.1) is 0 Å². The predicted molar refractivity (Wildman–Crippen MR) is 212 cm³/mol. The van der Waals surface area contributed by atoms with Gasteiger partial charge in [0.15, 0.2) is 0 Å². The van der Waals surface area contributed by atoms with Crippen molar-refractivity contribution in [3.8, 4) is 0 Å². The lowest BCUT2D eigenvalue weighted by Gasteiger charge is -2.22. The molecule has 0 radical (unpaired) electrons. The second-order valence-corrected chi connectivity index (χ2v) is 15.1. The van der Waals surface area contributed by atoms with Crippen molar-refractivity contribution < 1.29 is 15.0 Å². The Hall–Kier alpha value is -0.870. The van der Waals surface area contributed by atoms with Gasteiger partial charge >= 0.3 is 0 Å². The fraction of sp³-hybridized carbons (Fsp3) is 0.932. The molecule has 4 heteroatoms. The van der Waals surface area contributed by atoms with Crippen LogP contribution in [0.25, 0.3) is 0 Å². The molecule has 0 bridgehead atoms. The third kappa shape index (κ3) is 36.4. The highest BCUT2D eigenvalue weighted by Gasteiger charge is 2.20. The topological polar surface area (TPSA) is 69.6 Å². The molecule has 48 heavy (non-hydrogen) atoms. The molecule has 2 atom stereocenters. The zero-order valence-corrected chi connectivity index (χ0v) is 32.8. The third-order valence-electron chi connectivity index (χ3n) is 10.3. The van der Waals surface area contributed by atoms with Gasteiger partial charge in [0, 0.05) is 6.42 Å². The number of carbonyl (C=O) groups is 1. The van der Waals surface area contributed by atoms with E-state index >= 15 is 0 Å². The Bertz CT molecular complexity index is 651. The zero-order valence-electron chi connectivity index (χ0n) is 32.8. The summed E-state index contributed by atoms with van der Waals surface area (Å²) in [6.45, 7) is 4.30. The zero-order chi connectivity index (χ0) is 35.0. The van der Waals surface area contributed by atoms with Crippen molar-refractivity contribution in [3.05, 3.63) is 12.2 Å². The van der Waals surface area contributed by atoms with Crippen molar-refractivity contribution in [2.24, 2.45) is 0 Å². The highest BCUT2D eigenvalue weighted by Crippen LogP contribution is 2.17. The fourth-order valence-corrected chi connectivity index (χ4v) is 6.89. The molecular formula is C44H87NO3. The van der Waals surface area contributed by atoms with Crippen LogP contribution in [0.2, 0.25) is 0 Å². The number of nitrogens with one attached hydrogen (secondary N) is 1. The van der Waals surface area contributed by atoms with Crippen LogP contribution in [-0.4, -0.2) is 34.9 Å². The number of aliphatic hydroxyl groups is 2. The summed E-state index contributed by atoms with van der Waals surface area (Å²) in [6, 6.07) is -0.536. The standard InChI is InChI=1S/C44H87NO3/c1-3-5-7-9-11-13-15-16-17-18-19-20-21-22-23-24-25-26-27-28-29-30-31-33-35-37-39-43(47)42(41-46)45-44(48)40-38-36-34-32-14-12-10-8-6-4-2/h8,10,42-43,46-47H,3-7,9,11-41H2,1-2H3,(H,45,48)/b10-8-. The second kappa shape index (κ2) is 40.6. The molecule has 286 valence electrons.